The summed E-state index contributed by atoms with van der Waals surface area (Å²) in [6.07, 6.45) is 25.5. The number of hydrogen-bond donors (Lipinski definition) is 0. The largest absolute Gasteiger partial charge is 0.414 e. The van der Waals surface area contributed by atoms with Gasteiger partial charge in [-0.25, -0.2) is 0 Å². The average Bonchev–Trinajstić information content (AvgIpc) is 3.27. The minimum atomic E-state index is -1.79. The van der Waals surface area contributed by atoms with Crippen molar-refractivity contribution in [2.24, 2.45) is 0 Å². The first-order valence-electron chi connectivity index (χ1n) is 31.2. The van der Waals surface area contributed by atoms with Gasteiger partial charge in [-0.15, -0.1) is 36.0 Å². The van der Waals surface area contributed by atoms with Gasteiger partial charge in [-0.2, -0.15) is 0 Å². The topological polar surface area (TPSA) is 80.3 Å². The molecule has 0 unspecified atom stereocenters. The quantitative estimate of drug-likeness (QED) is 0.0460. The SMILES string of the molecule is C#CC[C@@H](CCC)O[Si](C)(C)C(C)(C)C.CCC#CC[C@@H](CC=O)O[Si](C)(C)C(C)(C)C.CCC#CC[C@@H](CCC)O[Si](C)(C)C(C)(C)C.CCC[C@H](CC=C(Br)Br)O[Si](C)(C)C(C)(C)C.CCC[C@H](CC=O)O[Si](C)(C)C(C)(C)C. The van der Waals surface area contributed by atoms with E-state index in [1.54, 1.807) is 0 Å². The van der Waals surface area contributed by atoms with Gasteiger partial charge in [0.1, 0.15) is 12.6 Å². The summed E-state index contributed by atoms with van der Waals surface area (Å²) in [6.45, 7) is 69.4. The fourth-order valence-corrected chi connectivity index (χ4v) is 13.8. The lowest BCUT2D eigenvalue weighted by Gasteiger charge is -2.39. The maximum atomic E-state index is 10.7. The molecule has 0 N–H and O–H groups in total. The van der Waals surface area contributed by atoms with Crippen molar-refractivity contribution in [3.63, 3.8) is 0 Å². The van der Waals surface area contributed by atoms with Crippen LogP contribution in [0.25, 0.3) is 0 Å². The van der Waals surface area contributed by atoms with Gasteiger partial charge in [0.2, 0.25) is 0 Å². The van der Waals surface area contributed by atoms with Gasteiger partial charge in [-0.1, -0.05) is 177 Å². The van der Waals surface area contributed by atoms with Gasteiger partial charge >= 0.3 is 0 Å². The molecule has 0 heterocycles. The van der Waals surface area contributed by atoms with Crippen LogP contribution in [0.4, 0.5) is 0 Å². The molecular formula is C67H134Br2O7Si5. The van der Waals surface area contributed by atoms with Crippen LogP contribution in [0, 0.1) is 36.0 Å². The third kappa shape index (κ3) is 43.0. The summed E-state index contributed by atoms with van der Waals surface area (Å²) in [6, 6.07) is 0. The molecule has 0 aliphatic carbocycles. The fraction of sp³-hybridized carbons (Fsp3) is 0.851. The van der Waals surface area contributed by atoms with Crippen LogP contribution in [0.3, 0.4) is 0 Å². The molecule has 14 heteroatoms. The number of aldehydes is 2. The van der Waals surface area contributed by atoms with E-state index < -0.39 is 41.6 Å². The van der Waals surface area contributed by atoms with E-state index in [9.17, 15) is 9.59 Å². The van der Waals surface area contributed by atoms with Crippen molar-refractivity contribution in [3.05, 3.63) is 9.47 Å². The minimum absolute atomic E-state index is 0.0348. The Hall–Kier alpha value is -0.396. The Morgan fingerprint density at radius 2 is 0.630 bits per heavy atom. The first-order valence-corrected chi connectivity index (χ1v) is 47.3. The van der Waals surface area contributed by atoms with E-state index in [4.69, 9.17) is 28.6 Å². The molecule has 7 nitrogen and oxygen atoms in total. The molecule has 0 saturated carbocycles. The van der Waals surface area contributed by atoms with Gasteiger partial charge in [0, 0.05) is 51.0 Å². The van der Waals surface area contributed by atoms with Gasteiger partial charge in [0.25, 0.3) is 0 Å². The molecule has 0 aromatic carbocycles. The number of terminal acetylenes is 1. The molecule has 0 aliphatic heterocycles. The van der Waals surface area contributed by atoms with Crippen LogP contribution < -0.4 is 0 Å². The monoisotopic (exact) mass is 1350 g/mol. The maximum Gasteiger partial charge on any atom is 0.192 e. The predicted octanol–water partition coefficient (Wildman–Crippen LogP) is 22.9. The standard InChI is InChI=1S/C15H30OSi.C14H26O2Si.C13H26Br2OSi.C13H26OSi.C12H26O2Si/c1-8-10-11-13-14(12-9-2)16-17(6,7)15(3,4)5;1-7-8-9-10-13(11-12-15)16-17(5,6)14(2,3)4;1-7-8-11(9-10-12(14)15)16-17(5,6)13(2,3)4;1-8-10-12(11-9-2)14-15(6,7)13(3,4)5;1-7-8-11(9-10-13)14-15(5,6)12(2,3)4/h14H,8-9,12-13H2,1-7H3;12-13H,7,10-11H2,1-6H3;10-11H,7-9H2,1-6H3;1,12H,9-11H2,2-7H3;10-11H,7-9H2,1-6H3/t14-;13-;11-;12-;11-/m10101/s1. The Labute approximate surface area is 528 Å². The number of hydrogen-bond acceptors (Lipinski definition) is 7. The molecule has 0 fully saturated rings. The molecule has 0 aliphatic rings. The maximum absolute atomic E-state index is 10.7. The third-order valence-electron chi connectivity index (χ3n) is 16.6. The van der Waals surface area contributed by atoms with Gasteiger partial charge in [0.15, 0.2) is 41.6 Å². The van der Waals surface area contributed by atoms with Gasteiger partial charge in [0.05, 0.1) is 27.8 Å². The lowest BCUT2D eigenvalue weighted by atomic mass is 10.1. The minimum Gasteiger partial charge on any atom is -0.414 e. The first-order chi connectivity index (χ1) is 36.6. The summed E-state index contributed by atoms with van der Waals surface area (Å²) >= 11 is 6.81. The van der Waals surface area contributed by atoms with Crippen LogP contribution in [0.2, 0.25) is 90.7 Å². The summed E-state index contributed by atoms with van der Waals surface area (Å²) in [4.78, 5) is 21.2. The van der Waals surface area contributed by atoms with Crippen LogP contribution in [0.15, 0.2) is 9.47 Å². The van der Waals surface area contributed by atoms with Crippen molar-refractivity contribution in [2.45, 2.75) is 369 Å². The zero-order valence-electron chi connectivity index (χ0n) is 59.1. The second-order valence-electron chi connectivity index (χ2n) is 29.4. The molecule has 5 atom stereocenters. The highest BCUT2D eigenvalue weighted by molar-refractivity contribution is 9.28. The van der Waals surface area contributed by atoms with E-state index in [0.717, 1.165) is 86.6 Å². The first kappa shape index (κ1) is 89.4. The highest BCUT2D eigenvalue weighted by Gasteiger charge is 2.42. The van der Waals surface area contributed by atoms with E-state index in [1.807, 2.05) is 6.92 Å². The predicted molar refractivity (Wildman–Crippen MR) is 381 cm³/mol. The van der Waals surface area contributed by atoms with E-state index in [-0.39, 0.29) is 43.5 Å². The number of carbonyl (C=O) groups is 2. The lowest BCUT2D eigenvalue weighted by molar-refractivity contribution is -0.110. The van der Waals surface area contributed by atoms with E-state index in [1.165, 1.54) is 12.8 Å². The van der Waals surface area contributed by atoms with Crippen molar-refractivity contribution < 1.29 is 31.7 Å². The molecular weight excluding hydrogens is 1220 g/mol. The average molecular weight is 1350 g/mol. The normalized spacial score (nSPS) is 14.4. The van der Waals surface area contributed by atoms with Crippen molar-refractivity contribution in [3.8, 4) is 36.0 Å². The van der Waals surface area contributed by atoms with Crippen molar-refractivity contribution in [2.75, 3.05) is 0 Å². The second kappa shape index (κ2) is 43.3. The number of halogens is 2. The molecule has 0 aromatic heterocycles. The number of carbonyl (C=O) groups excluding carboxylic acids is 2. The van der Waals surface area contributed by atoms with Crippen LogP contribution in [0.1, 0.15) is 248 Å². The molecule has 81 heavy (non-hydrogen) atoms. The molecule has 0 saturated heterocycles. The molecule has 0 bridgehead atoms. The lowest BCUT2D eigenvalue weighted by Crippen LogP contribution is -2.44. The molecule has 0 radical (unpaired) electrons. The Morgan fingerprint density at radius 3 is 0.877 bits per heavy atom. The Bertz CT molecular complexity index is 1850. The summed E-state index contributed by atoms with van der Waals surface area (Å²) < 4.78 is 32.6. The smallest absolute Gasteiger partial charge is 0.192 e. The Morgan fingerprint density at radius 1 is 0.395 bits per heavy atom. The second-order valence-corrected chi connectivity index (χ2v) is 56.0. The van der Waals surface area contributed by atoms with Crippen molar-refractivity contribution in [1.82, 2.24) is 0 Å². The van der Waals surface area contributed by atoms with Crippen LogP contribution in [0.5, 0.6) is 0 Å². The van der Waals surface area contributed by atoms with Crippen molar-refractivity contribution in [1.29, 1.82) is 0 Å². The summed E-state index contributed by atoms with van der Waals surface area (Å²) in [7, 11) is -8.40. The third-order valence-corrected chi connectivity index (χ3v) is 40.0. The van der Waals surface area contributed by atoms with Crippen LogP contribution in [-0.2, 0) is 31.7 Å². The van der Waals surface area contributed by atoms with E-state index >= 15 is 0 Å². The van der Waals surface area contributed by atoms with Crippen LogP contribution >= 0.6 is 31.9 Å². The zero-order chi connectivity index (χ0) is 65.0. The van der Waals surface area contributed by atoms with Gasteiger partial charge in [-0.3, -0.25) is 0 Å². The molecule has 0 amide bonds. The van der Waals surface area contributed by atoms with E-state index in [0.29, 0.717) is 31.5 Å². The molecule has 478 valence electrons. The summed E-state index contributed by atoms with van der Waals surface area (Å²) in [5, 5.41) is 1.24. The summed E-state index contributed by atoms with van der Waals surface area (Å²) in [5.41, 5.74) is 0. The van der Waals surface area contributed by atoms with Crippen LogP contribution in [-0.4, -0.2) is 84.7 Å². The molecule has 0 aromatic rings. The molecule has 0 rings (SSSR count). The highest BCUT2D eigenvalue weighted by Crippen LogP contribution is 2.42. The Balaban J connectivity index is -0.000000297. The fourth-order valence-electron chi connectivity index (χ4n) is 6.47. The Kier molecular flexibility index (Phi) is 47.7. The zero-order valence-corrected chi connectivity index (χ0v) is 67.3. The summed E-state index contributed by atoms with van der Waals surface area (Å²) in [5.74, 6) is 15.2. The van der Waals surface area contributed by atoms with Gasteiger partial charge in [-0.05, 0) is 155 Å². The highest BCUT2D eigenvalue weighted by atomic mass is 79.9. The van der Waals surface area contributed by atoms with Crippen molar-refractivity contribution >= 4 is 86.0 Å². The number of rotatable bonds is 27. The molecule has 0 spiro atoms. The van der Waals surface area contributed by atoms with E-state index in [2.05, 4.69) is 271 Å². The van der Waals surface area contributed by atoms with Gasteiger partial charge < -0.3 is 31.7 Å².